The van der Waals surface area contributed by atoms with Crippen molar-refractivity contribution in [3.63, 3.8) is 0 Å². The Morgan fingerprint density at radius 2 is 2.06 bits per heavy atom. The van der Waals surface area contributed by atoms with Gasteiger partial charge in [-0.1, -0.05) is 18.2 Å². The number of aromatic nitrogens is 1. The Balaban J connectivity index is 2.16. The molecule has 17 heavy (non-hydrogen) atoms. The predicted molar refractivity (Wildman–Crippen MR) is 69.9 cm³/mol. The lowest BCUT2D eigenvalue weighted by atomic mass is 10.2. The van der Waals surface area contributed by atoms with Crippen molar-refractivity contribution < 1.29 is 0 Å². The Morgan fingerprint density at radius 3 is 2.82 bits per heavy atom. The average Bonchev–Trinajstić information content (AvgIpc) is 2.27. The summed E-state index contributed by atoms with van der Waals surface area (Å²) in [6, 6.07) is 11.7. The highest BCUT2D eigenvalue weighted by atomic mass is 15.1. The Kier molecular flexibility index (Phi) is 3.20. The van der Waals surface area contributed by atoms with Gasteiger partial charge in [0.25, 0.3) is 0 Å². The van der Waals surface area contributed by atoms with E-state index in [0.29, 0.717) is 12.2 Å². The van der Waals surface area contributed by atoms with E-state index in [0.717, 1.165) is 10.9 Å². The third kappa shape index (κ3) is 2.92. The fourth-order valence-corrected chi connectivity index (χ4v) is 1.62. The Labute approximate surface area is 99.3 Å². The molecule has 0 amide bonds. The average molecular weight is 229 g/mol. The third-order valence-corrected chi connectivity index (χ3v) is 2.37. The number of pyridine rings is 1. The molecule has 0 aliphatic rings. The van der Waals surface area contributed by atoms with E-state index in [1.54, 1.807) is 0 Å². The van der Waals surface area contributed by atoms with Crippen molar-refractivity contribution in [3.05, 3.63) is 36.4 Å². The van der Waals surface area contributed by atoms with Gasteiger partial charge in [0.1, 0.15) is 5.82 Å². The molecule has 5 heteroatoms. The smallest absolute Gasteiger partial charge is 0.127 e. The standard InChI is InChI=1S/C12H15N5/c13-10(14)7-11(15)17-12-6-5-8-3-1-2-4-9(8)16-12/h1-6,11H,7,15H2,(H3,13,14)(H,16,17). The van der Waals surface area contributed by atoms with Crippen LogP contribution < -0.4 is 16.8 Å². The summed E-state index contributed by atoms with van der Waals surface area (Å²) < 4.78 is 0. The second-order valence-corrected chi connectivity index (χ2v) is 3.87. The lowest BCUT2D eigenvalue weighted by molar-refractivity contribution is 0.784. The van der Waals surface area contributed by atoms with Gasteiger partial charge in [-0.05, 0) is 18.2 Å². The van der Waals surface area contributed by atoms with Crippen LogP contribution in [0.3, 0.4) is 0 Å². The highest BCUT2D eigenvalue weighted by Crippen LogP contribution is 2.14. The summed E-state index contributed by atoms with van der Waals surface area (Å²) in [5.74, 6) is 0.753. The fourth-order valence-electron chi connectivity index (χ4n) is 1.62. The van der Waals surface area contributed by atoms with Crippen LogP contribution in [0.2, 0.25) is 0 Å². The van der Waals surface area contributed by atoms with Crippen LogP contribution in [-0.4, -0.2) is 17.0 Å². The number of hydrogen-bond acceptors (Lipinski definition) is 4. The molecule has 0 saturated heterocycles. The van der Waals surface area contributed by atoms with Gasteiger partial charge in [0.2, 0.25) is 0 Å². The second-order valence-electron chi connectivity index (χ2n) is 3.87. The molecule has 2 aromatic rings. The molecule has 1 heterocycles. The molecular weight excluding hydrogens is 214 g/mol. The van der Waals surface area contributed by atoms with E-state index in [9.17, 15) is 0 Å². The molecule has 0 aliphatic carbocycles. The summed E-state index contributed by atoms with van der Waals surface area (Å²) in [7, 11) is 0. The number of benzene rings is 1. The monoisotopic (exact) mass is 229 g/mol. The van der Waals surface area contributed by atoms with Crippen LogP contribution >= 0.6 is 0 Å². The maximum absolute atomic E-state index is 7.16. The second kappa shape index (κ2) is 4.80. The minimum atomic E-state index is -0.388. The lowest BCUT2D eigenvalue weighted by Gasteiger charge is -2.13. The molecule has 5 nitrogen and oxygen atoms in total. The summed E-state index contributed by atoms with van der Waals surface area (Å²) in [6.07, 6.45) is -0.0877. The van der Waals surface area contributed by atoms with Gasteiger partial charge in [0.15, 0.2) is 0 Å². The van der Waals surface area contributed by atoms with Gasteiger partial charge in [-0.25, -0.2) is 4.98 Å². The van der Waals surface area contributed by atoms with Crippen LogP contribution in [0.4, 0.5) is 5.82 Å². The van der Waals surface area contributed by atoms with Gasteiger partial charge in [0.05, 0.1) is 17.5 Å². The van der Waals surface area contributed by atoms with Crippen LogP contribution in [0.25, 0.3) is 10.9 Å². The predicted octanol–water partition coefficient (Wildman–Crippen LogP) is 1.26. The minimum absolute atomic E-state index is 0.0609. The molecular formula is C12H15N5. The number of fused-ring (bicyclic) bond motifs is 1. The van der Waals surface area contributed by atoms with E-state index in [2.05, 4.69) is 10.3 Å². The number of nitrogens with zero attached hydrogens (tertiary/aromatic N) is 1. The van der Waals surface area contributed by atoms with E-state index >= 15 is 0 Å². The molecule has 6 N–H and O–H groups in total. The number of nitrogens with one attached hydrogen (secondary N) is 2. The molecule has 0 aliphatic heterocycles. The maximum atomic E-state index is 7.16. The van der Waals surface area contributed by atoms with Gasteiger partial charge >= 0.3 is 0 Å². The van der Waals surface area contributed by atoms with Crippen molar-refractivity contribution in [2.75, 3.05) is 5.32 Å². The Morgan fingerprint density at radius 1 is 1.29 bits per heavy atom. The molecule has 0 fully saturated rings. The van der Waals surface area contributed by atoms with E-state index < -0.39 is 0 Å². The first-order chi connectivity index (χ1) is 8.15. The molecule has 88 valence electrons. The van der Waals surface area contributed by atoms with Crippen LogP contribution in [0.5, 0.6) is 0 Å². The minimum Gasteiger partial charge on any atom is -0.388 e. The number of nitrogens with two attached hydrogens (primary N) is 2. The zero-order valence-electron chi connectivity index (χ0n) is 9.35. The number of amidine groups is 1. The molecule has 1 atom stereocenters. The molecule has 1 aromatic heterocycles. The SMILES string of the molecule is N=C(N)CC(N)Nc1ccc2ccccc2n1. The molecule has 0 spiro atoms. The van der Waals surface area contributed by atoms with Gasteiger partial charge < -0.3 is 16.8 Å². The van der Waals surface area contributed by atoms with Gasteiger partial charge in [-0.15, -0.1) is 0 Å². The third-order valence-electron chi connectivity index (χ3n) is 2.37. The van der Waals surface area contributed by atoms with Gasteiger partial charge in [0, 0.05) is 11.8 Å². The van der Waals surface area contributed by atoms with Crippen molar-refractivity contribution in [1.82, 2.24) is 4.98 Å². The van der Waals surface area contributed by atoms with Gasteiger partial charge in [-0.2, -0.15) is 0 Å². The van der Waals surface area contributed by atoms with Crippen LogP contribution in [-0.2, 0) is 0 Å². The van der Waals surface area contributed by atoms with E-state index in [4.69, 9.17) is 16.9 Å². The lowest BCUT2D eigenvalue weighted by Crippen LogP contribution is -2.34. The highest BCUT2D eigenvalue weighted by Gasteiger charge is 2.05. The molecule has 1 unspecified atom stereocenters. The quantitative estimate of drug-likeness (QED) is 0.360. The first-order valence-corrected chi connectivity index (χ1v) is 5.36. The highest BCUT2D eigenvalue weighted by molar-refractivity contribution is 5.80. The van der Waals surface area contributed by atoms with Crippen molar-refractivity contribution in [2.24, 2.45) is 11.5 Å². The summed E-state index contributed by atoms with van der Waals surface area (Å²) in [4.78, 5) is 4.42. The first-order valence-electron chi connectivity index (χ1n) is 5.36. The Bertz CT molecular complexity index is 537. The van der Waals surface area contributed by atoms with Crippen LogP contribution in [0.1, 0.15) is 6.42 Å². The largest absolute Gasteiger partial charge is 0.388 e. The molecule has 0 saturated carbocycles. The van der Waals surface area contributed by atoms with Crippen LogP contribution in [0.15, 0.2) is 36.4 Å². The normalized spacial score (nSPS) is 12.3. The van der Waals surface area contributed by atoms with Crippen molar-refractivity contribution in [1.29, 1.82) is 5.41 Å². The molecule has 0 bridgehead atoms. The van der Waals surface area contributed by atoms with E-state index in [1.165, 1.54) is 0 Å². The topological polar surface area (TPSA) is 101 Å². The van der Waals surface area contributed by atoms with Crippen molar-refractivity contribution >= 4 is 22.6 Å². The first kappa shape index (κ1) is 11.3. The molecule has 1 aromatic carbocycles. The number of hydrogen-bond donors (Lipinski definition) is 4. The summed E-state index contributed by atoms with van der Waals surface area (Å²) in [5.41, 5.74) is 12.0. The zero-order valence-corrected chi connectivity index (χ0v) is 9.35. The molecule has 0 radical (unpaired) electrons. The molecule has 2 rings (SSSR count). The summed E-state index contributed by atoms with van der Waals surface area (Å²) in [6.45, 7) is 0. The summed E-state index contributed by atoms with van der Waals surface area (Å²) in [5, 5.41) is 11.3. The van der Waals surface area contributed by atoms with E-state index in [-0.39, 0.29) is 12.0 Å². The van der Waals surface area contributed by atoms with Crippen molar-refractivity contribution in [2.45, 2.75) is 12.6 Å². The summed E-state index contributed by atoms with van der Waals surface area (Å²) >= 11 is 0. The number of rotatable bonds is 4. The Hall–Kier alpha value is -2.14. The maximum Gasteiger partial charge on any atom is 0.127 e. The van der Waals surface area contributed by atoms with E-state index in [1.807, 2.05) is 36.4 Å². The zero-order chi connectivity index (χ0) is 12.3. The van der Waals surface area contributed by atoms with Crippen LogP contribution in [0, 0.1) is 5.41 Å². The number of anilines is 1. The number of para-hydroxylation sites is 1. The van der Waals surface area contributed by atoms with Gasteiger partial charge in [-0.3, -0.25) is 5.41 Å². The van der Waals surface area contributed by atoms with Crippen molar-refractivity contribution in [3.8, 4) is 0 Å². The fraction of sp³-hybridized carbons (Fsp3) is 0.167.